The van der Waals surface area contributed by atoms with E-state index in [2.05, 4.69) is 39.6 Å². The average molecular weight is 239 g/mol. The first kappa shape index (κ1) is 12.5. The lowest BCUT2D eigenvalue weighted by molar-refractivity contribution is 0.735. The van der Waals surface area contributed by atoms with Crippen molar-refractivity contribution in [2.45, 2.75) is 13.5 Å². The molecular formula is C15H17N3. The predicted octanol–water partition coefficient (Wildman–Crippen LogP) is 2.59. The molecule has 0 saturated heterocycles. The van der Waals surface area contributed by atoms with Crippen molar-refractivity contribution in [1.29, 1.82) is 0 Å². The van der Waals surface area contributed by atoms with E-state index in [1.165, 1.54) is 5.56 Å². The van der Waals surface area contributed by atoms with Crippen molar-refractivity contribution < 1.29 is 0 Å². The number of rotatable bonds is 5. The number of aryl methyl sites for hydroxylation is 1. The maximum atomic E-state index is 4.28. The van der Waals surface area contributed by atoms with Crippen molar-refractivity contribution in [3.63, 3.8) is 0 Å². The molecule has 2 aromatic rings. The Morgan fingerprint density at radius 2 is 1.94 bits per heavy atom. The SMILES string of the molecule is Cc1cnc(CNCC=Cc2ccccc2)cn1. The highest BCUT2D eigenvalue weighted by Crippen LogP contribution is 2.00. The average Bonchev–Trinajstić information content (AvgIpc) is 2.42. The van der Waals surface area contributed by atoms with Gasteiger partial charge in [-0.1, -0.05) is 42.5 Å². The Hall–Kier alpha value is -2.00. The minimum Gasteiger partial charge on any atom is -0.308 e. The molecule has 1 aromatic heterocycles. The predicted molar refractivity (Wildman–Crippen MR) is 74.0 cm³/mol. The fraction of sp³-hybridized carbons (Fsp3) is 0.200. The van der Waals surface area contributed by atoms with E-state index in [4.69, 9.17) is 0 Å². The maximum absolute atomic E-state index is 4.28. The first-order valence-electron chi connectivity index (χ1n) is 6.04. The van der Waals surface area contributed by atoms with Gasteiger partial charge in [0.25, 0.3) is 0 Å². The van der Waals surface area contributed by atoms with E-state index >= 15 is 0 Å². The van der Waals surface area contributed by atoms with Gasteiger partial charge in [-0.25, -0.2) is 0 Å². The van der Waals surface area contributed by atoms with Crippen molar-refractivity contribution in [3.05, 3.63) is 65.8 Å². The highest BCUT2D eigenvalue weighted by Gasteiger charge is 1.92. The van der Waals surface area contributed by atoms with Gasteiger partial charge in [0.2, 0.25) is 0 Å². The molecule has 0 aliphatic carbocycles. The van der Waals surface area contributed by atoms with Crippen molar-refractivity contribution in [2.75, 3.05) is 6.54 Å². The summed E-state index contributed by atoms with van der Waals surface area (Å²) in [5, 5.41) is 3.30. The van der Waals surface area contributed by atoms with Crippen LogP contribution in [0.3, 0.4) is 0 Å². The number of benzene rings is 1. The van der Waals surface area contributed by atoms with Crippen molar-refractivity contribution >= 4 is 6.08 Å². The second kappa shape index (κ2) is 6.67. The van der Waals surface area contributed by atoms with E-state index in [-0.39, 0.29) is 0 Å². The summed E-state index contributed by atoms with van der Waals surface area (Å²) in [6, 6.07) is 10.3. The van der Waals surface area contributed by atoms with Crippen LogP contribution in [0.2, 0.25) is 0 Å². The van der Waals surface area contributed by atoms with Crippen LogP contribution >= 0.6 is 0 Å². The van der Waals surface area contributed by atoms with Crippen molar-refractivity contribution in [2.24, 2.45) is 0 Å². The van der Waals surface area contributed by atoms with Gasteiger partial charge in [0.05, 0.1) is 11.4 Å². The van der Waals surface area contributed by atoms with Gasteiger partial charge in [0.15, 0.2) is 0 Å². The molecular weight excluding hydrogens is 222 g/mol. The zero-order chi connectivity index (χ0) is 12.6. The monoisotopic (exact) mass is 239 g/mol. The maximum Gasteiger partial charge on any atom is 0.0724 e. The molecule has 1 N–H and O–H groups in total. The summed E-state index contributed by atoms with van der Waals surface area (Å²) in [6.45, 7) is 3.50. The van der Waals surface area contributed by atoms with Crippen LogP contribution in [0.4, 0.5) is 0 Å². The molecule has 3 heteroatoms. The van der Waals surface area contributed by atoms with Crippen LogP contribution in [0.1, 0.15) is 17.0 Å². The first-order chi connectivity index (χ1) is 8.84. The zero-order valence-corrected chi connectivity index (χ0v) is 10.5. The fourth-order valence-electron chi connectivity index (χ4n) is 1.55. The summed E-state index contributed by atoms with van der Waals surface area (Å²) in [5.74, 6) is 0. The summed E-state index contributed by atoms with van der Waals surface area (Å²) in [6.07, 6.45) is 7.81. The second-order valence-electron chi connectivity index (χ2n) is 4.09. The van der Waals surface area contributed by atoms with Gasteiger partial charge in [-0.2, -0.15) is 0 Å². The standard InChI is InChI=1S/C15H17N3/c1-13-10-18-15(12-17-13)11-16-9-5-8-14-6-3-2-4-7-14/h2-8,10,12,16H,9,11H2,1H3. The van der Waals surface area contributed by atoms with Crippen LogP contribution in [-0.2, 0) is 6.54 Å². The van der Waals surface area contributed by atoms with Crippen LogP contribution in [0.5, 0.6) is 0 Å². The summed E-state index contributed by atoms with van der Waals surface area (Å²) < 4.78 is 0. The molecule has 1 heterocycles. The Morgan fingerprint density at radius 1 is 1.11 bits per heavy atom. The highest BCUT2D eigenvalue weighted by molar-refractivity contribution is 5.48. The number of aromatic nitrogens is 2. The Balaban J connectivity index is 1.73. The van der Waals surface area contributed by atoms with Crippen molar-refractivity contribution in [3.8, 4) is 0 Å². The molecule has 92 valence electrons. The zero-order valence-electron chi connectivity index (χ0n) is 10.5. The van der Waals surface area contributed by atoms with Crippen LogP contribution < -0.4 is 5.32 Å². The molecule has 2 rings (SSSR count). The third-order valence-electron chi connectivity index (χ3n) is 2.51. The Morgan fingerprint density at radius 3 is 2.67 bits per heavy atom. The number of nitrogens with one attached hydrogen (secondary N) is 1. The molecule has 0 bridgehead atoms. The van der Waals surface area contributed by atoms with Crippen LogP contribution in [0.25, 0.3) is 6.08 Å². The molecule has 0 unspecified atom stereocenters. The highest BCUT2D eigenvalue weighted by atomic mass is 14.9. The van der Waals surface area contributed by atoms with Gasteiger partial charge in [-0.05, 0) is 12.5 Å². The Bertz CT molecular complexity index is 489. The van der Waals surface area contributed by atoms with E-state index in [0.717, 1.165) is 24.5 Å². The number of hydrogen-bond donors (Lipinski definition) is 1. The van der Waals surface area contributed by atoms with E-state index in [1.54, 1.807) is 6.20 Å². The lowest BCUT2D eigenvalue weighted by Crippen LogP contribution is -2.14. The number of hydrogen-bond acceptors (Lipinski definition) is 3. The summed E-state index contributed by atoms with van der Waals surface area (Å²) in [7, 11) is 0. The molecule has 1 aromatic carbocycles. The third kappa shape index (κ3) is 4.11. The molecule has 0 radical (unpaired) electrons. The molecule has 0 amide bonds. The number of nitrogens with zero attached hydrogens (tertiary/aromatic N) is 2. The molecule has 0 aliphatic rings. The normalized spacial score (nSPS) is 10.9. The minimum absolute atomic E-state index is 0.742. The van der Waals surface area contributed by atoms with Gasteiger partial charge in [-0.3, -0.25) is 9.97 Å². The van der Waals surface area contributed by atoms with Gasteiger partial charge < -0.3 is 5.32 Å². The van der Waals surface area contributed by atoms with Gasteiger partial charge >= 0.3 is 0 Å². The van der Waals surface area contributed by atoms with Crippen LogP contribution in [0.15, 0.2) is 48.8 Å². The third-order valence-corrected chi connectivity index (χ3v) is 2.51. The lowest BCUT2D eigenvalue weighted by Gasteiger charge is -2.01. The van der Waals surface area contributed by atoms with E-state index < -0.39 is 0 Å². The summed E-state index contributed by atoms with van der Waals surface area (Å²) in [4.78, 5) is 8.49. The van der Waals surface area contributed by atoms with Crippen LogP contribution in [-0.4, -0.2) is 16.5 Å². The lowest BCUT2D eigenvalue weighted by atomic mass is 10.2. The molecule has 0 saturated carbocycles. The Labute approximate surface area is 108 Å². The summed E-state index contributed by atoms with van der Waals surface area (Å²) in [5.41, 5.74) is 3.13. The molecule has 0 aliphatic heterocycles. The first-order valence-corrected chi connectivity index (χ1v) is 6.04. The molecule has 0 fully saturated rings. The molecule has 18 heavy (non-hydrogen) atoms. The molecule has 0 atom stereocenters. The van der Waals surface area contributed by atoms with E-state index in [1.807, 2.05) is 31.3 Å². The topological polar surface area (TPSA) is 37.8 Å². The Kier molecular flexibility index (Phi) is 4.61. The molecule has 0 spiro atoms. The van der Waals surface area contributed by atoms with Crippen molar-refractivity contribution in [1.82, 2.24) is 15.3 Å². The van der Waals surface area contributed by atoms with E-state index in [0.29, 0.717) is 0 Å². The second-order valence-corrected chi connectivity index (χ2v) is 4.09. The van der Waals surface area contributed by atoms with Gasteiger partial charge in [-0.15, -0.1) is 0 Å². The minimum atomic E-state index is 0.742. The van der Waals surface area contributed by atoms with Crippen LogP contribution in [0, 0.1) is 6.92 Å². The quantitative estimate of drug-likeness (QED) is 0.815. The fourth-order valence-corrected chi connectivity index (χ4v) is 1.55. The summed E-state index contributed by atoms with van der Waals surface area (Å²) >= 11 is 0. The largest absolute Gasteiger partial charge is 0.308 e. The van der Waals surface area contributed by atoms with Gasteiger partial charge in [0.1, 0.15) is 0 Å². The smallest absolute Gasteiger partial charge is 0.0724 e. The molecule has 3 nitrogen and oxygen atoms in total. The van der Waals surface area contributed by atoms with Gasteiger partial charge in [0, 0.05) is 25.5 Å². The van der Waals surface area contributed by atoms with E-state index in [9.17, 15) is 0 Å².